The van der Waals surface area contributed by atoms with E-state index in [-0.39, 0.29) is 6.04 Å². The summed E-state index contributed by atoms with van der Waals surface area (Å²) >= 11 is 0. The van der Waals surface area contributed by atoms with E-state index < -0.39 is 0 Å². The molecule has 0 aliphatic heterocycles. The first kappa shape index (κ1) is 13.5. The summed E-state index contributed by atoms with van der Waals surface area (Å²) in [5, 5.41) is 3.41. The minimum absolute atomic E-state index is 0.0546. The Kier molecular flexibility index (Phi) is 4.47. The van der Waals surface area contributed by atoms with E-state index in [1.807, 2.05) is 37.3 Å². The number of nitrogens with zero attached hydrogens (tertiary/aromatic N) is 2. The molecule has 0 saturated carbocycles. The number of hydrogen-bond acceptors (Lipinski definition) is 4. The van der Waals surface area contributed by atoms with Crippen molar-refractivity contribution >= 4 is 0 Å². The van der Waals surface area contributed by atoms with Gasteiger partial charge in [0, 0.05) is 11.9 Å². The van der Waals surface area contributed by atoms with Crippen LogP contribution in [0.2, 0.25) is 0 Å². The first-order valence-corrected chi connectivity index (χ1v) is 6.42. The van der Waals surface area contributed by atoms with Crippen LogP contribution in [0.15, 0.2) is 36.5 Å². The molecule has 1 atom stereocenters. The Morgan fingerprint density at radius 2 is 2.11 bits per heavy atom. The van der Waals surface area contributed by atoms with Crippen molar-refractivity contribution in [1.82, 2.24) is 15.3 Å². The molecule has 2 aromatic rings. The van der Waals surface area contributed by atoms with Gasteiger partial charge in [0.05, 0.1) is 18.8 Å². The highest BCUT2D eigenvalue weighted by molar-refractivity contribution is 5.34. The van der Waals surface area contributed by atoms with Crippen LogP contribution >= 0.6 is 0 Å². The van der Waals surface area contributed by atoms with E-state index >= 15 is 0 Å². The van der Waals surface area contributed by atoms with Gasteiger partial charge in [0.15, 0.2) is 0 Å². The van der Waals surface area contributed by atoms with Gasteiger partial charge in [-0.1, -0.05) is 13.0 Å². The molecule has 19 heavy (non-hydrogen) atoms. The number of methoxy groups -OCH3 is 1. The third kappa shape index (κ3) is 3.09. The summed E-state index contributed by atoms with van der Waals surface area (Å²) in [5.74, 6) is 0.775. The second-order valence-electron chi connectivity index (χ2n) is 4.29. The Labute approximate surface area is 113 Å². The molecule has 0 fully saturated rings. The second-order valence-corrected chi connectivity index (χ2v) is 4.29. The topological polar surface area (TPSA) is 47.0 Å². The number of ether oxygens (including phenoxy) is 1. The number of aryl methyl sites for hydroxylation is 1. The van der Waals surface area contributed by atoms with Gasteiger partial charge in [0.25, 0.3) is 0 Å². The first-order chi connectivity index (χ1) is 9.26. The van der Waals surface area contributed by atoms with E-state index in [1.54, 1.807) is 13.3 Å². The van der Waals surface area contributed by atoms with Crippen molar-refractivity contribution in [2.75, 3.05) is 13.7 Å². The maximum Gasteiger partial charge on any atom is 0.142 e. The smallest absolute Gasteiger partial charge is 0.142 e. The van der Waals surface area contributed by atoms with Crippen molar-refractivity contribution in [2.24, 2.45) is 0 Å². The highest BCUT2D eigenvalue weighted by Crippen LogP contribution is 2.26. The molecular weight excluding hydrogens is 238 g/mol. The van der Waals surface area contributed by atoms with Crippen LogP contribution in [0, 0.1) is 6.92 Å². The molecule has 1 unspecified atom stereocenters. The van der Waals surface area contributed by atoms with Crippen molar-refractivity contribution in [3.63, 3.8) is 0 Å². The molecule has 0 radical (unpaired) electrons. The summed E-state index contributed by atoms with van der Waals surface area (Å²) in [6, 6.07) is 9.74. The highest BCUT2D eigenvalue weighted by Gasteiger charge is 2.19. The second kappa shape index (κ2) is 6.29. The molecule has 0 saturated heterocycles. The summed E-state index contributed by atoms with van der Waals surface area (Å²) in [4.78, 5) is 9.03. The highest BCUT2D eigenvalue weighted by atomic mass is 16.5. The van der Waals surface area contributed by atoms with Crippen LogP contribution < -0.4 is 10.1 Å². The van der Waals surface area contributed by atoms with Crippen LogP contribution in [0.1, 0.15) is 30.0 Å². The van der Waals surface area contributed by atoms with Gasteiger partial charge < -0.3 is 10.1 Å². The Bertz CT molecular complexity index is 542. The summed E-state index contributed by atoms with van der Waals surface area (Å²) in [7, 11) is 1.66. The lowest BCUT2D eigenvalue weighted by atomic mass is 10.1. The lowest BCUT2D eigenvalue weighted by Crippen LogP contribution is -2.24. The number of pyridine rings is 2. The number of hydrogen-bond donors (Lipinski definition) is 1. The predicted molar refractivity (Wildman–Crippen MR) is 75.3 cm³/mol. The number of rotatable bonds is 5. The normalized spacial score (nSPS) is 12.2. The molecule has 4 nitrogen and oxygen atoms in total. The molecule has 0 amide bonds. The standard InChI is InChI=1S/C15H19N3O/c1-4-16-14(12-8-5-7-11(2)18-12)15-13(19-3)9-6-10-17-15/h5-10,14,16H,4H2,1-3H3. The molecule has 0 bridgehead atoms. The molecule has 4 heteroatoms. The van der Waals surface area contributed by atoms with E-state index in [0.29, 0.717) is 0 Å². The monoisotopic (exact) mass is 257 g/mol. The quantitative estimate of drug-likeness (QED) is 0.894. The Morgan fingerprint density at radius 1 is 1.26 bits per heavy atom. The molecule has 1 N–H and O–H groups in total. The Balaban J connectivity index is 2.45. The maximum absolute atomic E-state index is 5.39. The van der Waals surface area contributed by atoms with Crippen molar-refractivity contribution in [1.29, 1.82) is 0 Å². The van der Waals surface area contributed by atoms with Gasteiger partial charge in [0.2, 0.25) is 0 Å². The molecule has 2 heterocycles. The van der Waals surface area contributed by atoms with Gasteiger partial charge in [-0.05, 0) is 37.7 Å². The van der Waals surface area contributed by atoms with E-state index in [9.17, 15) is 0 Å². The third-order valence-corrected chi connectivity index (χ3v) is 2.91. The molecule has 0 aliphatic rings. The zero-order valence-electron chi connectivity index (χ0n) is 11.6. The third-order valence-electron chi connectivity index (χ3n) is 2.91. The zero-order chi connectivity index (χ0) is 13.7. The SMILES string of the molecule is CCNC(c1cccc(C)n1)c1ncccc1OC. The predicted octanol–water partition coefficient (Wildman–Crippen LogP) is 2.49. The summed E-state index contributed by atoms with van der Waals surface area (Å²) < 4.78 is 5.39. The lowest BCUT2D eigenvalue weighted by Gasteiger charge is -2.19. The molecule has 0 spiro atoms. The van der Waals surface area contributed by atoms with Crippen molar-refractivity contribution < 1.29 is 4.74 Å². The van der Waals surface area contributed by atoms with Crippen LogP contribution in [-0.4, -0.2) is 23.6 Å². The fourth-order valence-corrected chi connectivity index (χ4v) is 2.06. The summed E-state index contributed by atoms with van der Waals surface area (Å²) in [6.45, 7) is 4.89. The maximum atomic E-state index is 5.39. The van der Waals surface area contributed by atoms with Crippen molar-refractivity contribution in [3.05, 3.63) is 53.6 Å². The van der Waals surface area contributed by atoms with Crippen molar-refractivity contribution in [3.8, 4) is 5.75 Å². The first-order valence-electron chi connectivity index (χ1n) is 6.42. The summed E-state index contributed by atoms with van der Waals surface area (Å²) in [6.07, 6.45) is 1.78. The molecule has 0 aliphatic carbocycles. The van der Waals surface area contributed by atoms with Gasteiger partial charge in [-0.2, -0.15) is 0 Å². The fraction of sp³-hybridized carbons (Fsp3) is 0.333. The van der Waals surface area contributed by atoms with Crippen LogP contribution in [-0.2, 0) is 0 Å². The summed E-state index contributed by atoms with van der Waals surface area (Å²) in [5.41, 5.74) is 2.82. The number of aromatic nitrogens is 2. The van der Waals surface area contributed by atoms with Gasteiger partial charge in [-0.3, -0.25) is 9.97 Å². The van der Waals surface area contributed by atoms with Crippen LogP contribution in [0.4, 0.5) is 0 Å². The minimum Gasteiger partial charge on any atom is -0.495 e. The van der Waals surface area contributed by atoms with Gasteiger partial charge >= 0.3 is 0 Å². The largest absolute Gasteiger partial charge is 0.495 e. The Hall–Kier alpha value is -1.94. The van der Waals surface area contributed by atoms with Crippen molar-refractivity contribution in [2.45, 2.75) is 19.9 Å². The molecule has 2 rings (SSSR count). The zero-order valence-corrected chi connectivity index (χ0v) is 11.6. The van der Waals surface area contributed by atoms with E-state index in [4.69, 9.17) is 4.74 Å². The molecule has 2 aromatic heterocycles. The average molecular weight is 257 g/mol. The fourth-order valence-electron chi connectivity index (χ4n) is 2.06. The molecule has 0 aromatic carbocycles. The van der Waals surface area contributed by atoms with Gasteiger partial charge in [-0.25, -0.2) is 0 Å². The van der Waals surface area contributed by atoms with E-state index in [0.717, 1.165) is 29.4 Å². The van der Waals surface area contributed by atoms with Gasteiger partial charge in [0.1, 0.15) is 11.4 Å². The van der Waals surface area contributed by atoms with E-state index in [2.05, 4.69) is 22.2 Å². The molecule has 100 valence electrons. The van der Waals surface area contributed by atoms with Crippen LogP contribution in [0.3, 0.4) is 0 Å². The van der Waals surface area contributed by atoms with Crippen LogP contribution in [0.25, 0.3) is 0 Å². The van der Waals surface area contributed by atoms with E-state index in [1.165, 1.54) is 0 Å². The Morgan fingerprint density at radius 3 is 2.79 bits per heavy atom. The lowest BCUT2D eigenvalue weighted by molar-refractivity contribution is 0.399. The van der Waals surface area contributed by atoms with Crippen LogP contribution in [0.5, 0.6) is 5.75 Å². The number of nitrogens with one attached hydrogen (secondary N) is 1. The van der Waals surface area contributed by atoms with Gasteiger partial charge in [-0.15, -0.1) is 0 Å². The minimum atomic E-state index is -0.0546. The average Bonchev–Trinajstić information content (AvgIpc) is 2.45. The molecular formula is C15H19N3O.